The first kappa shape index (κ1) is 21.2. The number of hydrogen-bond donors (Lipinski definition) is 0. The van der Waals surface area contributed by atoms with E-state index >= 15 is 0 Å². The lowest BCUT2D eigenvalue weighted by Gasteiger charge is -2.47. The van der Waals surface area contributed by atoms with Crippen LogP contribution >= 0.6 is 0 Å². The Bertz CT molecular complexity index is 355. The van der Waals surface area contributed by atoms with Crippen LogP contribution in [0.4, 0.5) is 0 Å². The fraction of sp³-hybridized carbons (Fsp3) is 0.727. The molecule has 2 rings (SSSR count). The number of fused-ring (bicyclic) bond motifs is 1. The van der Waals surface area contributed by atoms with Crippen molar-refractivity contribution in [3.05, 3.63) is 35.4 Å². The van der Waals surface area contributed by atoms with Gasteiger partial charge in [-0.1, -0.05) is 79.7 Å². The SMILES string of the molecule is CC.CC.CCC1(CC)CCC(CC)(CC)c2ccccc21. The van der Waals surface area contributed by atoms with Crippen molar-refractivity contribution < 1.29 is 0 Å². The minimum atomic E-state index is 0.449. The summed E-state index contributed by atoms with van der Waals surface area (Å²) < 4.78 is 0. The number of hydrogen-bond acceptors (Lipinski definition) is 0. The van der Waals surface area contributed by atoms with Gasteiger partial charge in [-0.05, 0) is 60.5 Å². The highest BCUT2D eigenvalue weighted by atomic mass is 14.5. The summed E-state index contributed by atoms with van der Waals surface area (Å²) in [4.78, 5) is 0. The molecule has 0 heterocycles. The normalized spacial score (nSPS) is 17.3. The summed E-state index contributed by atoms with van der Waals surface area (Å²) >= 11 is 0. The van der Waals surface area contributed by atoms with E-state index in [1.54, 1.807) is 11.1 Å². The predicted octanol–water partition coefficient (Wildman–Crippen LogP) is 7.65. The van der Waals surface area contributed by atoms with Crippen LogP contribution in [0.15, 0.2) is 24.3 Å². The summed E-state index contributed by atoms with van der Waals surface area (Å²) in [6.45, 7) is 17.5. The second-order valence-electron chi connectivity index (χ2n) is 6.02. The van der Waals surface area contributed by atoms with Gasteiger partial charge in [0.15, 0.2) is 0 Å². The van der Waals surface area contributed by atoms with Crippen LogP contribution in [-0.4, -0.2) is 0 Å². The molecule has 0 radical (unpaired) electrons. The topological polar surface area (TPSA) is 0 Å². The summed E-state index contributed by atoms with van der Waals surface area (Å²) in [7, 11) is 0. The summed E-state index contributed by atoms with van der Waals surface area (Å²) in [5, 5.41) is 0. The fourth-order valence-corrected chi connectivity index (χ4v) is 4.12. The van der Waals surface area contributed by atoms with Gasteiger partial charge in [0.2, 0.25) is 0 Å². The van der Waals surface area contributed by atoms with Crippen LogP contribution < -0.4 is 0 Å². The molecule has 0 unspecified atom stereocenters. The van der Waals surface area contributed by atoms with E-state index in [9.17, 15) is 0 Å². The standard InChI is InChI=1S/C18H28.2C2H6/c1-5-17(6-2)13-14-18(7-3,8-4)16-12-10-9-11-15(16)17;2*1-2/h9-12H,5-8,13-14H2,1-4H3;2*1-2H3. The third-order valence-corrected chi connectivity index (χ3v) is 5.86. The third kappa shape index (κ3) is 3.76. The van der Waals surface area contributed by atoms with E-state index in [4.69, 9.17) is 0 Å². The van der Waals surface area contributed by atoms with E-state index in [0.717, 1.165) is 0 Å². The molecule has 0 saturated carbocycles. The zero-order chi connectivity index (χ0) is 17.2. The van der Waals surface area contributed by atoms with Gasteiger partial charge in [0, 0.05) is 0 Å². The summed E-state index contributed by atoms with van der Waals surface area (Å²) in [5.74, 6) is 0. The lowest BCUT2D eigenvalue weighted by Crippen LogP contribution is -2.39. The van der Waals surface area contributed by atoms with E-state index in [2.05, 4.69) is 52.0 Å². The molecule has 1 aliphatic rings. The molecule has 1 aromatic carbocycles. The Morgan fingerprint density at radius 2 is 0.909 bits per heavy atom. The van der Waals surface area contributed by atoms with Gasteiger partial charge in [-0.3, -0.25) is 0 Å². The van der Waals surface area contributed by atoms with Crippen LogP contribution in [0.25, 0.3) is 0 Å². The maximum Gasteiger partial charge on any atom is -0.00489 e. The lowest BCUT2D eigenvalue weighted by molar-refractivity contribution is 0.239. The molecule has 0 nitrogen and oxygen atoms in total. The van der Waals surface area contributed by atoms with E-state index in [-0.39, 0.29) is 0 Å². The smallest absolute Gasteiger partial charge is 0.00489 e. The molecule has 0 aliphatic heterocycles. The highest BCUT2D eigenvalue weighted by Gasteiger charge is 2.42. The van der Waals surface area contributed by atoms with Crippen molar-refractivity contribution >= 4 is 0 Å². The highest BCUT2D eigenvalue weighted by molar-refractivity contribution is 5.42. The largest absolute Gasteiger partial charge is 0.0683 e. The van der Waals surface area contributed by atoms with Gasteiger partial charge >= 0.3 is 0 Å². The predicted molar refractivity (Wildman–Crippen MR) is 103 cm³/mol. The molecule has 0 bridgehead atoms. The number of rotatable bonds is 4. The molecule has 0 amide bonds. The molecule has 22 heavy (non-hydrogen) atoms. The Kier molecular flexibility index (Phi) is 9.72. The van der Waals surface area contributed by atoms with Crippen LogP contribution in [0, 0.1) is 0 Å². The highest BCUT2D eigenvalue weighted by Crippen LogP contribution is 2.51. The minimum absolute atomic E-state index is 0.449. The van der Waals surface area contributed by atoms with Gasteiger partial charge in [0.25, 0.3) is 0 Å². The summed E-state index contributed by atoms with van der Waals surface area (Å²) in [5.41, 5.74) is 4.21. The Morgan fingerprint density at radius 1 is 0.636 bits per heavy atom. The lowest BCUT2D eigenvalue weighted by atomic mass is 9.57. The monoisotopic (exact) mass is 304 g/mol. The molecule has 0 saturated heterocycles. The molecule has 1 aromatic rings. The van der Waals surface area contributed by atoms with Gasteiger partial charge in [-0.2, -0.15) is 0 Å². The van der Waals surface area contributed by atoms with Gasteiger partial charge in [-0.25, -0.2) is 0 Å². The van der Waals surface area contributed by atoms with Gasteiger partial charge < -0.3 is 0 Å². The Morgan fingerprint density at radius 3 is 1.14 bits per heavy atom. The van der Waals surface area contributed by atoms with Crippen LogP contribution in [0.2, 0.25) is 0 Å². The Balaban J connectivity index is 0.00000102. The van der Waals surface area contributed by atoms with Crippen molar-refractivity contribution in [2.45, 2.75) is 105 Å². The molecule has 0 atom stereocenters. The van der Waals surface area contributed by atoms with Crippen molar-refractivity contribution in [1.82, 2.24) is 0 Å². The maximum atomic E-state index is 2.40. The fourth-order valence-electron chi connectivity index (χ4n) is 4.12. The molecule has 0 heteroatoms. The van der Waals surface area contributed by atoms with Gasteiger partial charge in [-0.15, -0.1) is 0 Å². The van der Waals surface area contributed by atoms with Crippen LogP contribution in [0.3, 0.4) is 0 Å². The summed E-state index contributed by atoms with van der Waals surface area (Å²) in [6.07, 6.45) is 7.87. The average Bonchev–Trinajstić information content (AvgIpc) is 2.64. The van der Waals surface area contributed by atoms with Gasteiger partial charge in [0.1, 0.15) is 0 Å². The first-order chi connectivity index (χ1) is 10.7. The van der Waals surface area contributed by atoms with Crippen molar-refractivity contribution in [2.24, 2.45) is 0 Å². The second kappa shape index (κ2) is 10.1. The van der Waals surface area contributed by atoms with Crippen LogP contribution in [0.5, 0.6) is 0 Å². The van der Waals surface area contributed by atoms with Crippen molar-refractivity contribution in [3.8, 4) is 0 Å². The molecular formula is C22H40. The molecule has 0 fully saturated rings. The quantitative estimate of drug-likeness (QED) is 0.536. The van der Waals surface area contributed by atoms with E-state index in [1.807, 2.05) is 27.7 Å². The van der Waals surface area contributed by atoms with Crippen LogP contribution in [0.1, 0.15) is 105 Å². The minimum Gasteiger partial charge on any atom is -0.0683 e. The first-order valence-electron chi connectivity index (χ1n) is 9.78. The van der Waals surface area contributed by atoms with Crippen molar-refractivity contribution in [2.75, 3.05) is 0 Å². The molecule has 128 valence electrons. The van der Waals surface area contributed by atoms with Gasteiger partial charge in [0.05, 0.1) is 0 Å². The molecule has 1 aliphatic carbocycles. The zero-order valence-corrected chi connectivity index (χ0v) is 16.6. The Hall–Kier alpha value is -0.780. The van der Waals surface area contributed by atoms with E-state index in [1.165, 1.54) is 38.5 Å². The summed E-state index contributed by atoms with van der Waals surface area (Å²) in [6, 6.07) is 9.28. The first-order valence-corrected chi connectivity index (χ1v) is 9.78. The second-order valence-corrected chi connectivity index (χ2v) is 6.02. The Labute approximate surface area is 140 Å². The average molecular weight is 305 g/mol. The molecule has 0 aromatic heterocycles. The van der Waals surface area contributed by atoms with Crippen molar-refractivity contribution in [1.29, 1.82) is 0 Å². The maximum absolute atomic E-state index is 2.40. The van der Waals surface area contributed by atoms with Crippen molar-refractivity contribution in [3.63, 3.8) is 0 Å². The van der Waals surface area contributed by atoms with Crippen LogP contribution in [-0.2, 0) is 10.8 Å². The molecule has 0 spiro atoms. The third-order valence-electron chi connectivity index (χ3n) is 5.86. The van der Waals surface area contributed by atoms with E-state index in [0.29, 0.717) is 10.8 Å². The number of benzene rings is 1. The van der Waals surface area contributed by atoms with E-state index < -0.39 is 0 Å². The zero-order valence-electron chi connectivity index (χ0n) is 16.6. The molecular weight excluding hydrogens is 264 g/mol. The molecule has 0 N–H and O–H groups in total.